The van der Waals surface area contributed by atoms with E-state index in [1.54, 1.807) is 0 Å². The quantitative estimate of drug-likeness (QED) is 0.164. The molecule has 0 saturated heterocycles. The van der Waals surface area contributed by atoms with Crippen LogP contribution in [0.25, 0.3) is 43.3 Å². The zero-order chi connectivity index (χ0) is 45.3. The number of thiophene rings is 1. The van der Waals surface area contributed by atoms with Crippen molar-refractivity contribution in [1.29, 1.82) is 0 Å². The van der Waals surface area contributed by atoms with Crippen LogP contribution in [0.5, 0.6) is 0 Å². The first kappa shape index (κ1) is 41.4. The van der Waals surface area contributed by atoms with Gasteiger partial charge in [-0.2, -0.15) is 0 Å². The maximum atomic E-state index is 6.21. The Morgan fingerprint density at radius 1 is 0.477 bits per heavy atom. The van der Waals surface area contributed by atoms with Crippen molar-refractivity contribution in [1.82, 2.24) is 0 Å². The molecule has 0 unspecified atom stereocenters. The fourth-order valence-electron chi connectivity index (χ4n) is 10.6. The number of benzene rings is 7. The monoisotopic (exact) mass is 864 g/mol. The van der Waals surface area contributed by atoms with Crippen LogP contribution in [0.1, 0.15) is 90.1 Å². The third kappa shape index (κ3) is 6.60. The van der Waals surface area contributed by atoms with Crippen molar-refractivity contribution in [2.45, 2.75) is 92.4 Å². The molecule has 3 nitrogen and oxygen atoms in total. The van der Waals surface area contributed by atoms with E-state index in [0.717, 1.165) is 27.8 Å². The van der Waals surface area contributed by atoms with Gasteiger partial charge in [0.05, 0.1) is 22.6 Å². The second-order valence-electron chi connectivity index (χ2n) is 21.6. The summed E-state index contributed by atoms with van der Waals surface area (Å²) in [5, 5.41) is 3.77. The normalized spacial score (nSPS) is 13.7. The molecule has 0 atom stereocenters. The number of aryl methyl sites for hydroxylation is 2. The van der Waals surface area contributed by atoms with Gasteiger partial charge in [-0.3, -0.25) is 0 Å². The Morgan fingerprint density at radius 3 is 1.83 bits per heavy atom. The highest BCUT2D eigenvalue weighted by Crippen LogP contribution is 2.51. The Kier molecular flexibility index (Phi) is 9.31. The second-order valence-corrected chi connectivity index (χ2v) is 22.6. The summed E-state index contributed by atoms with van der Waals surface area (Å²) < 4.78 is 7.53. The van der Waals surface area contributed by atoms with Crippen molar-refractivity contribution in [3.8, 4) is 22.3 Å². The van der Waals surface area contributed by atoms with Gasteiger partial charge >= 0.3 is 0 Å². The average molecular weight is 865 g/mol. The second kappa shape index (κ2) is 14.6. The molecule has 9 aromatic rings. The first-order chi connectivity index (χ1) is 31.0. The third-order valence-electron chi connectivity index (χ3n) is 14.0. The lowest BCUT2D eigenvalue weighted by Crippen LogP contribution is -2.61. The van der Waals surface area contributed by atoms with E-state index < -0.39 is 0 Å². The van der Waals surface area contributed by atoms with E-state index in [0.29, 0.717) is 0 Å². The van der Waals surface area contributed by atoms with E-state index in [9.17, 15) is 0 Å². The molecule has 0 saturated carbocycles. The Balaban J connectivity index is 1.26. The molecule has 0 fully saturated rings. The smallest absolute Gasteiger partial charge is 0.254 e. The largest absolute Gasteiger partial charge is 0.464 e. The zero-order valence-electron chi connectivity index (χ0n) is 39.6. The van der Waals surface area contributed by atoms with Gasteiger partial charge in [0.1, 0.15) is 5.58 Å². The van der Waals surface area contributed by atoms with Gasteiger partial charge in [-0.05, 0) is 133 Å². The van der Waals surface area contributed by atoms with Crippen molar-refractivity contribution in [2.24, 2.45) is 0 Å². The molecule has 0 N–H and O–H groups in total. The van der Waals surface area contributed by atoms with Gasteiger partial charge in [-0.25, -0.2) is 0 Å². The van der Waals surface area contributed by atoms with Crippen LogP contribution in [0.15, 0.2) is 150 Å². The summed E-state index contributed by atoms with van der Waals surface area (Å²) in [5.41, 5.74) is 22.3. The van der Waals surface area contributed by atoms with E-state index in [-0.39, 0.29) is 23.0 Å². The Labute approximate surface area is 389 Å². The van der Waals surface area contributed by atoms with E-state index in [1.807, 2.05) is 23.7 Å². The molecule has 5 heteroatoms. The van der Waals surface area contributed by atoms with Crippen molar-refractivity contribution in [3.63, 3.8) is 0 Å². The average Bonchev–Trinajstić information content (AvgIpc) is 3.88. The maximum absolute atomic E-state index is 6.21. The van der Waals surface area contributed by atoms with E-state index in [2.05, 4.69) is 219 Å². The van der Waals surface area contributed by atoms with Crippen LogP contribution in [0, 0.1) is 13.8 Å². The topological polar surface area (TPSA) is 19.6 Å². The summed E-state index contributed by atoms with van der Waals surface area (Å²) in [4.78, 5) is 5.23. The molecule has 322 valence electrons. The lowest BCUT2D eigenvalue weighted by atomic mass is 9.33. The third-order valence-corrected chi connectivity index (χ3v) is 15.2. The standard InChI is InChI=1S/C60H57BN2OS/c1-36-30-42(60(9,10)11)31-37(2)56(36)63-50-22-17-21-49-55(50)61(54-45-34-41(59(6,7)8)26-29-53(45)65-57(54)63)47-27-24-39(46-35-64-52-23-16-15-20-43(46)52)32-51(47)62(49)48-28-25-40(58(3,4)5)33-44(48)38-18-13-12-14-19-38/h12-35H,1-11H3. The van der Waals surface area contributed by atoms with Gasteiger partial charge in [0.2, 0.25) is 0 Å². The van der Waals surface area contributed by atoms with Gasteiger partial charge < -0.3 is 14.2 Å². The van der Waals surface area contributed by atoms with Gasteiger partial charge in [0, 0.05) is 38.3 Å². The van der Waals surface area contributed by atoms with E-state index in [4.69, 9.17) is 4.42 Å². The molecule has 2 aromatic heterocycles. The molecule has 4 heterocycles. The minimum absolute atomic E-state index is 0.00695. The molecule has 65 heavy (non-hydrogen) atoms. The number of rotatable bonds is 4. The lowest BCUT2D eigenvalue weighted by Gasteiger charge is -2.44. The molecular weight excluding hydrogens is 808 g/mol. The van der Waals surface area contributed by atoms with Crippen molar-refractivity contribution in [2.75, 3.05) is 9.80 Å². The van der Waals surface area contributed by atoms with Crippen LogP contribution in [0.2, 0.25) is 0 Å². The maximum Gasteiger partial charge on any atom is 0.254 e. The lowest BCUT2D eigenvalue weighted by molar-refractivity contribution is 0.589. The van der Waals surface area contributed by atoms with Crippen molar-refractivity contribution < 1.29 is 4.42 Å². The first-order valence-electron chi connectivity index (χ1n) is 23.2. The minimum Gasteiger partial charge on any atom is -0.464 e. The number of hydrogen-bond donors (Lipinski definition) is 0. The number of hydrogen-bond acceptors (Lipinski definition) is 4. The summed E-state index contributed by atoms with van der Waals surface area (Å²) >= 11 is 1.94. The summed E-state index contributed by atoms with van der Waals surface area (Å²) in [6, 6.07) is 52.9. The first-order valence-corrected chi connectivity index (χ1v) is 24.0. The number of nitrogens with zero attached hydrogens (tertiary/aromatic N) is 2. The van der Waals surface area contributed by atoms with Gasteiger partial charge in [-0.1, -0.05) is 159 Å². The molecule has 2 aliphatic heterocycles. The molecule has 11 rings (SSSR count). The summed E-state index contributed by atoms with van der Waals surface area (Å²) in [7, 11) is 0. The molecule has 0 bridgehead atoms. The summed E-state index contributed by atoms with van der Waals surface area (Å²) in [5.74, 6) is 0. The van der Waals surface area contributed by atoms with E-state index in [1.165, 1.54) is 93.2 Å². The highest BCUT2D eigenvalue weighted by atomic mass is 32.1. The predicted molar refractivity (Wildman–Crippen MR) is 282 cm³/mol. The zero-order valence-corrected chi connectivity index (χ0v) is 40.5. The highest BCUT2D eigenvalue weighted by Gasteiger charge is 2.46. The fourth-order valence-corrected chi connectivity index (χ4v) is 11.8. The van der Waals surface area contributed by atoms with Crippen molar-refractivity contribution in [3.05, 3.63) is 174 Å². The molecule has 7 aromatic carbocycles. The van der Waals surface area contributed by atoms with Gasteiger partial charge in [0.15, 0.2) is 0 Å². The number of para-hydroxylation sites is 1. The molecule has 0 amide bonds. The molecule has 0 spiro atoms. The Hall–Kier alpha value is -6.30. The predicted octanol–water partition coefficient (Wildman–Crippen LogP) is 15.6. The molecule has 2 aliphatic rings. The molecule has 0 aliphatic carbocycles. The highest BCUT2D eigenvalue weighted by molar-refractivity contribution is 7.26. The van der Waals surface area contributed by atoms with Crippen molar-refractivity contribution >= 4 is 88.9 Å². The number of furan rings is 1. The van der Waals surface area contributed by atoms with Crippen LogP contribution < -0.4 is 26.2 Å². The van der Waals surface area contributed by atoms with Crippen LogP contribution in [-0.4, -0.2) is 6.71 Å². The Morgan fingerprint density at radius 2 is 1.12 bits per heavy atom. The summed E-state index contributed by atoms with van der Waals surface area (Å²) in [6.45, 7) is 25.5. The fraction of sp³-hybridized carbons (Fsp3) is 0.233. The van der Waals surface area contributed by atoms with Crippen LogP contribution in [0.4, 0.5) is 33.4 Å². The van der Waals surface area contributed by atoms with Crippen LogP contribution in [-0.2, 0) is 16.2 Å². The van der Waals surface area contributed by atoms with Gasteiger partial charge in [0.25, 0.3) is 6.71 Å². The van der Waals surface area contributed by atoms with Crippen LogP contribution >= 0.6 is 11.3 Å². The minimum atomic E-state index is -0.0323. The SMILES string of the molecule is Cc1cc(C(C)(C)C)cc(C)c1N1c2cccc3c2B(c2ccc(-c4coc5ccccc45)cc2N3c2ccc(C(C)(C)C)cc2-c2ccccc2)c2c1sc1ccc(C(C)(C)C)cc21. The Bertz CT molecular complexity index is 3350. The molecule has 0 radical (unpaired) electrons. The molecular formula is C60H57BN2OS. The number of anilines is 6. The van der Waals surface area contributed by atoms with Gasteiger partial charge in [-0.15, -0.1) is 11.3 Å². The van der Waals surface area contributed by atoms with E-state index >= 15 is 0 Å². The van der Waals surface area contributed by atoms with Crippen LogP contribution in [0.3, 0.4) is 0 Å². The number of fused-ring (bicyclic) bond motifs is 7. The summed E-state index contributed by atoms with van der Waals surface area (Å²) in [6.07, 6.45) is 1.94.